The van der Waals surface area contributed by atoms with Gasteiger partial charge in [0.1, 0.15) is 0 Å². The van der Waals surface area contributed by atoms with Gasteiger partial charge in [-0.25, -0.2) is 0 Å². The van der Waals surface area contributed by atoms with Crippen LogP contribution in [0, 0.1) is 44.8 Å². The Morgan fingerprint density at radius 3 is 1.48 bits per heavy atom. The van der Waals surface area contributed by atoms with Crippen molar-refractivity contribution in [3.8, 4) is 0 Å². The summed E-state index contributed by atoms with van der Waals surface area (Å²) in [5, 5.41) is 20.2. The molecule has 0 aromatic heterocycles. The summed E-state index contributed by atoms with van der Waals surface area (Å²) in [6, 6.07) is 0. The van der Waals surface area contributed by atoms with Crippen LogP contribution in [0.1, 0.15) is 131 Å². The van der Waals surface area contributed by atoms with Crippen molar-refractivity contribution in [2.75, 3.05) is 0 Å². The average molecular weight is 560 g/mol. The lowest BCUT2D eigenvalue weighted by Gasteiger charge is -2.61. The molecule has 0 aliphatic rings. The molecule has 0 amide bonds. The molecule has 7 heteroatoms. The van der Waals surface area contributed by atoms with Crippen molar-refractivity contribution in [3.63, 3.8) is 0 Å². The van der Waals surface area contributed by atoms with Gasteiger partial charge >= 0.3 is 11.9 Å². The fourth-order valence-electron chi connectivity index (χ4n) is 6.82. The van der Waals surface area contributed by atoms with Crippen molar-refractivity contribution >= 4 is 27.6 Å². The zero-order valence-electron chi connectivity index (χ0n) is 29.1. The highest BCUT2D eigenvalue weighted by atomic mass is 16.5. The summed E-state index contributed by atoms with van der Waals surface area (Å²) in [6.45, 7) is 35.8. The molecule has 0 bridgehead atoms. The van der Waals surface area contributed by atoms with Gasteiger partial charge in [0.05, 0.1) is 39.2 Å². The standard InChI is InChI=1S/C33H62B2O5/c1-20(2)29(8,9)32(14,15)40-33(16,17)31(12,13)30(10,11)23(21(26(38)39)18-22(36)37)24(34)25(35)28(6,7)19-27(3,4)5/h20-21,23-25H,18-19H2,1-17H3,(H,36,37)(H,38,39). The molecule has 0 aliphatic carbocycles. The van der Waals surface area contributed by atoms with Gasteiger partial charge in [-0.15, -0.1) is 0 Å². The molecule has 0 heterocycles. The minimum Gasteiger partial charge on any atom is -0.481 e. The van der Waals surface area contributed by atoms with E-state index in [4.69, 9.17) is 20.4 Å². The molecule has 4 radical (unpaired) electrons. The van der Waals surface area contributed by atoms with Crippen LogP contribution in [0.2, 0.25) is 11.6 Å². The first-order valence-electron chi connectivity index (χ1n) is 15.0. The smallest absolute Gasteiger partial charge is 0.307 e. The SMILES string of the molecule is [B]C(C([B])C(C)(C)CC(C)(C)C)C(C(CC(=O)O)C(=O)O)C(C)(C)C(C)(C)C(C)(C)OC(C)(C)C(C)(C)C(C)C. The Hall–Kier alpha value is -0.970. The van der Waals surface area contributed by atoms with Gasteiger partial charge in [0, 0.05) is 0 Å². The van der Waals surface area contributed by atoms with Crippen LogP contribution in [-0.4, -0.2) is 49.0 Å². The third kappa shape index (κ3) is 8.32. The number of carboxylic acids is 2. The van der Waals surface area contributed by atoms with E-state index in [9.17, 15) is 19.8 Å². The van der Waals surface area contributed by atoms with Gasteiger partial charge in [-0.3, -0.25) is 9.59 Å². The highest BCUT2D eigenvalue weighted by molar-refractivity contribution is 6.22. The van der Waals surface area contributed by atoms with Gasteiger partial charge < -0.3 is 14.9 Å². The molecule has 0 saturated carbocycles. The maximum atomic E-state index is 12.7. The van der Waals surface area contributed by atoms with E-state index in [2.05, 4.69) is 90.0 Å². The number of carbonyl (C=O) groups is 2. The molecule has 0 aliphatic heterocycles. The second-order valence-electron chi connectivity index (χ2n) is 17.2. The maximum Gasteiger partial charge on any atom is 0.307 e. The summed E-state index contributed by atoms with van der Waals surface area (Å²) in [6.07, 6.45) is 0.238. The van der Waals surface area contributed by atoms with Crippen LogP contribution in [0.4, 0.5) is 0 Å². The maximum absolute atomic E-state index is 12.7. The average Bonchev–Trinajstić information content (AvgIpc) is 2.68. The van der Waals surface area contributed by atoms with E-state index in [1.807, 2.05) is 27.7 Å². The Balaban J connectivity index is 7.11. The summed E-state index contributed by atoms with van der Waals surface area (Å²) in [5.74, 6) is -5.32. The quantitative estimate of drug-likeness (QED) is 0.196. The number of aliphatic carboxylic acids is 2. The van der Waals surface area contributed by atoms with Crippen LogP contribution in [0.25, 0.3) is 0 Å². The van der Waals surface area contributed by atoms with Crippen LogP contribution in [0.15, 0.2) is 0 Å². The van der Waals surface area contributed by atoms with Gasteiger partial charge in [-0.2, -0.15) is 0 Å². The van der Waals surface area contributed by atoms with Crippen molar-refractivity contribution in [1.29, 1.82) is 0 Å². The summed E-state index contributed by atoms with van der Waals surface area (Å²) < 4.78 is 7.01. The van der Waals surface area contributed by atoms with Crippen LogP contribution in [0.5, 0.6) is 0 Å². The summed E-state index contributed by atoms with van der Waals surface area (Å²) in [7, 11) is 13.9. The topological polar surface area (TPSA) is 83.8 Å². The molecule has 4 unspecified atom stereocenters. The zero-order chi connectivity index (χ0) is 32.7. The summed E-state index contributed by atoms with van der Waals surface area (Å²) in [5.41, 5.74) is -3.34. The molecular weight excluding hydrogens is 498 g/mol. The lowest BCUT2D eigenvalue weighted by Crippen LogP contribution is -2.60. The molecule has 0 rings (SSSR count). The van der Waals surface area contributed by atoms with Crippen molar-refractivity contribution in [1.82, 2.24) is 0 Å². The zero-order valence-corrected chi connectivity index (χ0v) is 29.1. The Morgan fingerprint density at radius 2 is 1.15 bits per heavy atom. The van der Waals surface area contributed by atoms with E-state index < -0.39 is 69.3 Å². The molecule has 0 aromatic rings. The van der Waals surface area contributed by atoms with E-state index in [0.717, 1.165) is 6.42 Å². The van der Waals surface area contributed by atoms with E-state index in [1.54, 1.807) is 0 Å². The molecule has 0 aromatic carbocycles. The molecule has 0 saturated heterocycles. The molecular formula is C33H62B2O5. The van der Waals surface area contributed by atoms with E-state index in [1.165, 1.54) is 0 Å². The lowest BCUT2D eigenvalue weighted by molar-refractivity contribution is -0.248. The largest absolute Gasteiger partial charge is 0.481 e. The lowest BCUT2D eigenvalue weighted by atomic mass is 9.42. The van der Waals surface area contributed by atoms with Crippen molar-refractivity contribution in [2.45, 2.75) is 153 Å². The number of hydrogen-bond donors (Lipinski definition) is 2. The summed E-state index contributed by atoms with van der Waals surface area (Å²) >= 11 is 0. The first-order valence-corrected chi connectivity index (χ1v) is 15.0. The summed E-state index contributed by atoms with van der Waals surface area (Å²) in [4.78, 5) is 24.7. The van der Waals surface area contributed by atoms with Gasteiger partial charge in [0.2, 0.25) is 0 Å². The highest BCUT2D eigenvalue weighted by Gasteiger charge is 2.59. The minimum absolute atomic E-state index is 0.0248. The molecule has 5 nitrogen and oxygen atoms in total. The minimum atomic E-state index is -1.23. The first-order chi connectivity index (χ1) is 17.3. The highest BCUT2D eigenvalue weighted by Crippen LogP contribution is 2.62. The first kappa shape index (κ1) is 39.0. The van der Waals surface area contributed by atoms with Crippen molar-refractivity contribution in [3.05, 3.63) is 0 Å². The molecule has 4 atom stereocenters. The predicted octanol–water partition coefficient (Wildman–Crippen LogP) is 8.46. The predicted molar refractivity (Wildman–Crippen MR) is 169 cm³/mol. The fraction of sp³-hybridized carbons (Fsp3) is 0.939. The number of ether oxygens (including phenoxy) is 1. The normalized spacial score (nSPS) is 17.9. The van der Waals surface area contributed by atoms with Crippen LogP contribution in [-0.2, 0) is 14.3 Å². The molecule has 2 N–H and O–H groups in total. The van der Waals surface area contributed by atoms with Crippen LogP contribution in [0.3, 0.4) is 0 Å². The van der Waals surface area contributed by atoms with Gasteiger partial charge in [-0.1, -0.05) is 102 Å². The van der Waals surface area contributed by atoms with E-state index >= 15 is 0 Å². The third-order valence-corrected chi connectivity index (χ3v) is 11.3. The van der Waals surface area contributed by atoms with E-state index in [0.29, 0.717) is 5.92 Å². The molecule has 0 fully saturated rings. The Kier molecular flexibility index (Phi) is 12.0. The monoisotopic (exact) mass is 560 g/mol. The Labute approximate surface area is 250 Å². The van der Waals surface area contributed by atoms with Crippen molar-refractivity contribution in [2.24, 2.45) is 44.8 Å². The van der Waals surface area contributed by atoms with Crippen LogP contribution < -0.4 is 0 Å². The number of rotatable bonds is 15. The van der Waals surface area contributed by atoms with Crippen LogP contribution >= 0.6 is 0 Å². The second kappa shape index (κ2) is 12.3. The molecule has 40 heavy (non-hydrogen) atoms. The fourth-order valence-corrected chi connectivity index (χ4v) is 6.82. The Morgan fingerprint density at radius 1 is 0.725 bits per heavy atom. The van der Waals surface area contributed by atoms with E-state index in [-0.39, 0.29) is 10.8 Å². The van der Waals surface area contributed by atoms with Gasteiger partial charge in [-0.05, 0) is 73.0 Å². The van der Waals surface area contributed by atoms with Crippen molar-refractivity contribution < 1.29 is 24.5 Å². The number of carboxylic acid groups (broad SMARTS) is 2. The molecule has 230 valence electrons. The Bertz CT molecular complexity index is 878. The number of hydrogen-bond acceptors (Lipinski definition) is 3. The third-order valence-electron chi connectivity index (χ3n) is 11.3. The van der Waals surface area contributed by atoms with Gasteiger partial charge in [0.25, 0.3) is 0 Å². The molecule has 0 spiro atoms. The second-order valence-corrected chi connectivity index (χ2v) is 17.2. The van der Waals surface area contributed by atoms with Gasteiger partial charge in [0.15, 0.2) is 0 Å².